The van der Waals surface area contributed by atoms with Gasteiger partial charge in [-0.3, -0.25) is 0 Å². The molecule has 1 unspecified atom stereocenters. The first kappa shape index (κ1) is 13.6. The number of aryl methyl sites for hydroxylation is 3. The third-order valence-corrected chi connectivity index (χ3v) is 4.64. The lowest BCUT2D eigenvalue weighted by atomic mass is 10.0. The van der Waals surface area contributed by atoms with E-state index >= 15 is 0 Å². The largest absolute Gasteiger partial charge is 0.309 e. The van der Waals surface area contributed by atoms with E-state index in [9.17, 15) is 0 Å². The van der Waals surface area contributed by atoms with E-state index < -0.39 is 0 Å². The zero-order chi connectivity index (χ0) is 13.3. The van der Waals surface area contributed by atoms with E-state index in [1.54, 1.807) is 0 Å². The fourth-order valence-electron chi connectivity index (χ4n) is 2.24. The van der Waals surface area contributed by atoms with Crippen molar-refractivity contribution in [3.05, 3.63) is 55.7 Å². The molecule has 1 aromatic heterocycles. The highest BCUT2D eigenvalue weighted by molar-refractivity contribution is 7.12. The number of nitrogens with one attached hydrogen (secondary N) is 1. The topological polar surface area (TPSA) is 12.0 Å². The third-order valence-electron chi connectivity index (χ3n) is 3.10. The molecule has 1 atom stereocenters. The van der Waals surface area contributed by atoms with Crippen LogP contribution in [0.1, 0.15) is 32.5 Å². The summed E-state index contributed by atoms with van der Waals surface area (Å²) >= 11 is 8.21. The molecule has 0 radical (unpaired) electrons. The van der Waals surface area contributed by atoms with Gasteiger partial charge in [0.25, 0.3) is 0 Å². The van der Waals surface area contributed by atoms with Crippen LogP contribution in [0.15, 0.2) is 24.3 Å². The van der Waals surface area contributed by atoms with Crippen molar-refractivity contribution in [3.63, 3.8) is 0 Å². The van der Waals surface area contributed by atoms with Crippen molar-refractivity contribution in [2.45, 2.75) is 26.8 Å². The van der Waals surface area contributed by atoms with E-state index in [-0.39, 0.29) is 6.04 Å². The summed E-state index contributed by atoms with van der Waals surface area (Å²) in [5.41, 5.74) is 3.67. The molecular formula is C15H18ClNS. The van der Waals surface area contributed by atoms with Crippen LogP contribution in [0, 0.1) is 20.8 Å². The number of hydrogen-bond acceptors (Lipinski definition) is 2. The summed E-state index contributed by atoms with van der Waals surface area (Å²) in [4.78, 5) is 2.69. The van der Waals surface area contributed by atoms with Gasteiger partial charge >= 0.3 is 0 Å². The first-order chi connectivity index (χ1) is 8.52. The van der Waals surface area contributed by atoms with Crippen molar-refractivity contribution in [1.82, 2.24) is 5.32 Å². The Labute approximate surface area is 118 Å². The summed E-state index contributed by atoms with van der Waals surface area (Å²) in [6, 6.07) is 8.66. The maximum absolute atomic E-state index is 6.38. The molecule has 0 saturated carbocycles. The van der Waals surface area contributed by atoms with Crippen LogP contribution in [0.3, 0.4) is 0 Å². The summed E-state index contributed by atoms with van der Waals surface area (Å²) in [6.07, 6.45) is 0. The smallest absolute Gasteiger partial charge is 0.0685 e. The lowest BCUT2D eigenvalue weighted by molar-refractivity contribution is 0.700. The minimum atomic E-state index is 0.178. The van der Waals surface area contributed by atoms with Gasteiger partial charge in [-0.15, -0.1) is 11.3 Å². The van der Waals surface area contributed by atoms with Gasteiger partial charge in [0.05, 0.1) is 6.04 Å². The van der Waals surface area contributed by atoms with Crippen molar-refractivity contribution >= 4 is 22.9 Å². The molecule has 2 rings (SSSR count). The molecule has 1 heterocycles. The number of hydrogen-bond donors (Lipinski definition) is 1. The van der Waals surface area contributed by atoms with E-state index in [1.165, 1.54) is 20.9 Å². The molecule has 0 fully saturated rings. The molecule has 0 aliphatic carbocycles. The van der Waals surface area contributed by atoms with Crippen LogP contribution < -0.4 is 5.32 Å². The van der Waals surface area contributed by atoms with Crippen molar-refractivity contribution in [2.24, 2.45) is 0 Å². The molecule has 2 aromatic rings. The van der Waals surface area contributed by atoms with Crippen LogP contribution in [0.4, 0.5) is 0 Å². The molecule has 1 nitrogen and oxygen atoms in total. The quantitative estimate of drug-likeness (QED) is 0.863. The molecular weight excluding hydrogens is 262 g/mol. The van der Waals surface area contributed by atoms with Crippen molar-refractivity contribution < 1.29 is 0 Å². The van der Waals surface area contributed by atoms with Gasteiger partial charge in [-0.1, -0.05) is 23.7 Å². The second-order valence-electron chi connectivity index (χ2n) is 4.65. The van der Waals surface area contributed by atoms with Gasteiger partial charge in [0, 0.05) is 14.8 Å². The molecule has 0 aliphatic heterocycles. The van der Waals surface area contributed by atoms with Gasteiger partial charge in [-0.05, 0) is 56.6 Å². The van der Waals surface area contributed by atoms with Gasteiger partial charge in [0.15, 0.2) is 0 Å². The predicted molar refractivity (Wildman–Crippen MR) is 80.9 cm³/mol. The molecule has 0 amide bonds. The molecule has 18 heavy (non-hydrogen) atoms. The van der Waals surface area contributed by atoms with Gasteiger partial charge in [-0.25, -0.2) is 0 Å². The lowest BCUT2D eigenvalue weighted by Crippen LogP contribution is -2.17. The van der Waals surface area contributed by atoms with Crippen LogP contribution in [-0.2, 0) is 0 Å². The normalized spacial score (nSPS) is 12.7. The van der Waals surface area contributed by atoms with Crippen molar-refractivity contribution in [3.8, 4) is 0 Å². The third kappa shape index (κ3) is 2.61. The predicted octanol–water partition coefficient (Wildman–Crippen LogP) is 4.64. The molecule has 0 spiro atoms. The Balaban J connectivity index is 2.48. The molecule has 1 N–H and O–H groups in total. The van der Waals surface area contributed by atoms with Crippen molar-refractivity contribution in [1.29, 1.82) is 0 Å². The summed E-state index contributed by atoms with van der Waals surface area (Å²) < 4.78 is 0. The standard InChI is InChI=1S/C15H18ClNS/c1-9-5-6-12(13(16)7-9)14(17-4)15-10(2)8-11(3)18-15/h5-8,14,17H,1-4H3. The highest BCUT2D eigenvalue weighted by Crippen LogP contribution is 2.34. The Kier molecular flexibility index (Phi) is 4.10. The molecule has 96 valence electrons. The van der Waals surface area contributed by atoms with E-state index in [0.29, 0.717) is 0 Å². The van der Waals surface area contributed by atoms with E-state index in [0.717, 1.165) is 10.6 Å². The fourth-order valence-corrected chi connectivity index (χ4v) is 3.75. The van der Waals surface area contributed by atoms with Crippen LogP contribution in [0.2, 0.25) is 5.02 Å². The number of halogens is 1. The highest BCUT2D eigenvalue weighted by atomic mass is 35.5. The summed E-state index contributed by atoms with van der Waals surface area (Å²) in [6.45, 7) is 6.36. The van der Waals surface area contributed by atoms with E-state index in [2.05, 4.69) is 44.3 Å². The molecule has 1 aromatic carbocycles. The molecule has 3 heteroatoms. The zero-order valence-corrected chi connectivity index (χ0v) is 12.7. The minimum Gasteiger partial charge on any atom is -0.309 e. The lowest BCUT2D eigenvalue weighted by Gasteiger charge is -2.18. The Hall–Kier alpha value is -0.830. The SMILES string of the molecule is CNC(c1ccc(C)cc1Cl)c1sc(C)cc1C. The van der Waals surface area contributed by atoms with Crippen LogP contribution >= 0.6 is 22.9 Å². The van der Waals surface area contributed by atoms with Crippen LogP contribution in [-0.4, -0.2) is 7.05 Å². The van der Waals surface area contributed by atoms with Gasteiger partial charge in [0.1, 0.15) is 0 Å². The van der Waals surface area contributed by atoms with Crippen LogP contribution in [0.5, 0.6) is 0 Å². The first-order valence-corrected chi connectivity index (χ1v) is 7.22. The second kappa shape index (κ2) is 5.43. The maximum Gasteiger partial charge on any atom is 0.0685 e. The zero-order valence-electron chi connectivity index (χ0n) is 11.2. The molecule has 0 bridgehead atoms. The maximum atomic E-state index is 6.38. The monoisotopic (exact) mass is 279 g/mol. The number of benzene rings is 1. The summed E-state index contributed by atoms with van der Waals surface area (Å²) in [5.74, 6) is 0. The Morgan fingerprint density at radius 3 is 2.39 bits per heavy atom. The minimum absolute atomic E-state index is 0.178. The summed E-state index contributed by atoms with van der Waals surface area (Å²) in [5, 5.41) is 4.21. The van der Waals surface area contributed by atoms with Gasteiger partial charge in [0.2, 0.25) is 0 Å². The second-order valence-corrected chi connectivity index (χ2v) is 6.35. The fraction of sp³-hybridized carbons (Fsp3) is 0.333. The van der Waals surface area contributed by atoms with Gasteiger partial charge < -0.3 is 5.32 Å². The first-order valence-electron chi connectivity index (χ1n) is 6.03. The van der Waals surface area contributed by atoms with E-state index in [1.807, 2.05) is 24.5 Å². The summed E-state index contributed by atoms with van der Waals surface area (Å²) in [7, 11) is 1.98. The van der Waals surface area contributed by atoms with Gasteiger partial charge in [-0.2, -0.15) is 0 Å². The Morgan fingerprint density at radius 2 is 1.89 bits per heavy atom. The number of rotatable bonds is 3. The molecule has 0 aliphatic rings. The average Bonchev–Trinajstić information content (AvgIpc) is 2.62. The van der Waals surface area contributed by atoms with Crippen LogP contribution in [0.25, 0.3) is 0 Å². The Bertz CT molecular complexity index is 560. The Morgan fingerprint density at radius 1 is 1.17 bits per heavy atom. The molecule has 0 saturated heterocycles. The number of thiophene rings is 1. The average molecular weight is 280 g/mol. The van der Waals surface area contributed by atoms with E-state index in [4.69, 9.17) is 11.6 Å². The van der Waals surface area contributed by atoms with Crippen molar-refractivity contribution in [2.75, 3.05) is 7.05 Å². The highest BCUT2D eigenvalue weighted by Gasteiger charge is 2.19.